The molecule has 2 fully saturated rings. The number of hydrogen-bond acceptors (Lipinski definition) is 22. The highest BCUT2D eigenvalue weighted by Crippen LogP contribution is 2.28. The zero-order valence-corrected chi connectivity index (χ0v) is 76.4. The number of para-hydroxylation sites is 1. The number of aromatic amines is 2. The number of unbranched alkanes of at least 4 members (excludes halogenated alkanes) is 1. The highest BCUT2D eigenvalue weighted by Gasteiger charge is 2.46. The summed E-state index contributed by atoms with van der Waals surface area (Å²) in [4.78, 5) is 227. The molecule has 2 aliphatic heterocycles. The Kier molecular flexibility index (Phi) is 45.7. The van der Waals surface area contributed by atoms with Crippen molar-refractivity contribution in [1.82, 2.24) is 110 Å². The van der Waals surface area contributed by atoms with Gasteiger partial charge in [0.15, 0.2) is 23.8 Å². The fourth-order valence-electron chi connectivity index (χ4n) is 15.1. The molecule has 14 atom stereocenters. The highest BCUT2D eigenvalue weighted by atomic mass is 16.4. The van der Waals surface area contributed by atoms with Crippen LogP contribution in [0.5, 0.6) is 0 Å². The summed E-state index contributed by atoms with van der Waals surface area (Å²) >= 11 is 0. The lowest BCUT2D eigenvalue weighted by Gasteiger charge is -2.34. The van der Waals surface area contributed by atoms with Crippen molar-refractivity contribution in [1.29, 1.82) is 21.6 Å². The Morgan fingerprint density at radius 2 is 0.916 bits per heavy atom. The molecule has 0 spiro atoms. The maximum Gasteiger partial charge on any atom is 0.326 e. The van der Waals surface area contributed by atoms with Crippen LogP contribution in [0.15, 0.2) is 43.0 Å². The highest BCUT2D eigenvalue weighted by molar-refractivity contribution is 6.01. The minimum Gasteiger partial charge on any atom is -0.480 e. The summed E-state index contributed by atoms with van der Waals surface area (Å²) in [7, 11) is 0. The number of benzene rings is 1. The first kappa shape index (κ1) is 109. The number of hydrogen-bond donors (Lipinski definition) is 29. The number of carboxylic acids is 1. The Labute approximate surface area is 762 Å². The molecule has 0 aliphatic carbocycles. The Bertz CT molecular complexity index is 4370. The molecule has 3 aromatic rings. The largest absolute Gasteiger partial charge is 0.480 e. The van der Waals surface area contributed by atoms with Crippen LogP contribution in [-0.2, 0) is 84.8 Å². The average molecular weight is 1840 g/mol. The predicted octanol–water partition coefficient (Wildman–Crippen LogP) is -4.87. The first-order valence-electron chi connectivity index (χ1n) is 44.7. The number of likely N-dealkylation sites (tertiary alicyclic amines) is 2. The van der Waals surface area contributed by atoms with Gasteiger partial charge in [0.2, 0.25) is 82.7 Å². The summed E-state index contributed by atoms with van der Waals surface area (Å²) in [5.74, 6) is -15.5. The van der Waals surface area contributed by atoms with Crippen molar-refractivity contribution in [3.8, 4) is 0 Å². The molecule has 5 rings (SSSR count). The van der Waals surface area contributed by atoms with Gasteiger partial charge in [0.1, 0.15) is 78.5 Å². The van der Waals surface area contributed by atoms with Crippen LogP contribution in [0, 0.1) is 45.3 Å². The molecule has 0 unspecified atom stereocenters. The molecule has 2 saturated heterocycles. The third-order valence-electron chi connectivity index (χ3n) is 22.1. The van der Waals surface area contributed by atoms with Gasteiger partial charge in [0, 0.05) is 81.1 Å². The van der Waals surface area contributed by atoms with Crippen LogP contribution in [0.3, 0.4) is 0 Å². The molecule has 2 aliphatic rings. The van der Waals surface area contributed by atoms with E-state index in [9.17, 15) is 57.8 Å². The summed E-state index contributed by atoms with van der Waals surface area (Å²) < 4.78 is 0. The van der Waals surface area contributed by atoms with Gasteiger partial charge in [-0.2, -0.15) is 0 Å². The fourth-order valence-corrected chi connectivity index (χ4v) is 15.1. The number of carbonyl (C=O) groups excluding carboxylic acids is 14. The molecule has 0 radical (unpaired) electrons. The van der Waals surface area contributed by atoms with Gasteiger partial charge < -0.3 is 144 Å². The van der Waals surface area contributed by atoms with Crippen LogP contribution in [-0.4, -0.2) is 279 Å². The van der Waals surface area contributed by atoms with E-state index in [4.69, 9.17) is 56.0 Å². The minimum absolute atomic E-state index is 0.00590. The summed E-state index contributed by atoms with van der Waals surface area (Å²) in [5.41, 5.74) is 35.3. The third-order valence-corrected chi connectivity index (χ3v) is 22.1. The molecule has 14 amide bonds. The Morgan fingerprint density at radius 3 is 1.42 bits per heavy atom. The van der Waals surface area contributed by atoms with Gasteiger partial charge in [0.25, 0.3) is 0 Å². The first-order chi connectivity index (χ1) is 62.0. The predicted molar refractivity (Wildman–Crippen MR) is 487 cm³/mol. The van der Waals surface area contributed by atoms with Crippen molar-refractivity contribution in [3.63, 3.8) is 0 Å². The van der Waals surface area contributed by atoms with Crippen LogP contribution in [0.4, 0.5) is 0 Å². The van der Waals surface area contributed by atoms with Gasteiger partial charge >= 0.3 is 5.97 Å². The number of guanidine groups is 4. The summed E-state index contributed by atoms with van der Waals surface area (Å²) in [5, 5.41) is 83.8. The average Bonchev–Trinajstić information content (AvgIpc) is 1.64. The number of H-pyrrole nitrogens is 2. The Hall–Kier alpha value is -13.0. The van der Waals surface area contributed by atoms with E-state index >= 15 is 19.2 Å². The monoisotopic (exact) mass is 1840 g/mol. The van der Waals surface area contributed by atoms with E-state index in [1.165, 1.54) is 29.2 Å². The summed E-state index contributed by atoms with van der Waals surface area (Å²) in [6.45, 7) is 15.6. The maximum absolute atomic E-state index is 15.4. The third kappa shape index (κ3) is 37.2. The number of nitrogens with zero attached hydrogens (tertiary/aromatic N) is 3. The second-order valence-corrected chi connectivity index (χ2v) is 34.6. The van der Waals surface area contributed by atoms with E-state index in [0.29, 0.717) is 60.8 Å². The van der Waals surface area contributed by atoms with Gasteiger partial charge in [-0.05, 0) is 152 Å². The number of nitrogens with one attached hydrogen (secondary N) is 22. The zero-order valence-electron chi connectivity index (χ0n) is 76.4. The van der Waals surface area contributed by atoms with Crippen LogP contribution < -0.4 is 119 Å². The number of fused-ring (bicyclic) bond motifs is 1. The van der Waals surface area contributed by atoms with Crippen molar-refractivity contribution < 1.29 is 77.0 Å². The number of nitrogens with two attached hydrogens (primary N) is 6. The van der Waals surface area contributed by atoms with E-state index in [2.05, 4.69) is 100 Å². The van der Waals surface area contributed by atoms with Crippen LogP contribution >= 0.6 is 0 Å². The van der Waals surface area contributed by atoms with Crippen molar-refractivity contribution >= 4 is 123 Å². The van der Waals surface area contributed by atoms with Crippen LogP contribution in [0.1, 0.15) is 183 Å². The van der Waals surface area contributed by atoms with Gasteiger partial charge in [-0.15, -0.1) is 0 Å². The van der Waals surface area contributed by atoms with Crippen molar-refractivity contribution in [3.05, 3.63) is 54.2 Å². The van der Waals surface area contributed by atoms with Crippen molar-refractivity contribution in [2.45, 2.75) is 269 Å². The number of aliphatic carboxylic acids is 1. The number of amides is 14. The smallest absolute Gasteiger partial charge is 0.326 e. The van der Waals surface area contributed by atoms with Gasteiger partial charge in [-0.3, -0.25) is 88.8 Å². The minimum atomic E-state index is -1.58. The molecule has 2 aromatic heterocycles. The van der Waals surface area contributed by atoms with Crippen molar-refractivity contribution in [2.24, 2.45) is 58.1 Å². The molecule has 47 nitrogen and oxygen atoms in total. The molecular formula is C84H141N31O16. The number of aromatic nitrogens is 3. The van der Waals surface area contributed by atoms with Crippen LogP contribution in [0.2, 0.25) is 0 Å². The first-order valence-corrected chi connectivity index (χ1v) is 44.7. The molecular weight excluding hydrogens is 1700 g/mol. The molecule has 0 saturated carbocycles. The van der Waals surface area contributed by atoms with E-state index in [1.807, 2.05) is 13.8 Å². The lowest BCUT2D eigenvalue weighted by atomic mass is 9.99. The topological polar surface area (TPSA) is 771 Å². The number of rotatable bonds is 57. The number of imidazole rings is 1. The quantitative estimate of drug-likeness (QED) is 0.0143. The van der Waals surface area contributed by atoms with E-state index < -0.39 is 210 Å². The van der Waals surface area contributed by atoms with Gasteiger partial charge in [0.05, 0.1) is 18.9 Å². The second-order valence-electron chi connectivity index (χ2n) is 34.6. The molecule has 1 aromatic carbocycles. The molecule has 728 valence electrons. The fraction of sp³-hybridized carbons (Fsp3) is 0.643. The lowest BCUT2D eigenvalue weighted by Crippen LogP contribution is -2.61. The summed E-state index contributed by atoms with van der Waals surface area (Å²) in [6.07, 6.45) is 6.60. The van der Waals surface area contributed by atoms with Crippen molar-refractivity contribution in [2.75, 3.05) is 52.4 Å². The van der Waals surface area contributed by atoms with Gasteiger partial charge in [-0.1, -0.05) is 80.0 Å². The Balaban J connectivity index is 1.39. The molecule has 131 heavy (non-hydrogen) atoms. The standard InChI is InChI=1S/C84H141N31O16/c1-44(2)36-58(108-68(118)52(86)21-12-13-29-85)69(119)101-42-64(116)112-66(47(7)8)79(129)115-35-19-28-63(115)78(128)114-34-18-27-62(114)76(126)110-59(37-45(3)4)73(123)106-56(25-16-32-98-83(91)92)72(122)113-65(46(5)6)77(127)111-60(38-49-40-100-53-22-11-10-20-51(49)53)74(124)105-55(24-15-31-97-82(89)90)71(121)109-61(39-50-41-95-43-102-50)75(125)104-54(23-14-30-96-81(87)88)70(120)103-48(9)67(117)107-57(80(130)131)26-17-33-99-84(93)94/h10-11,20,22,40-41,43-48,52,54-63,65-66,100H,12-19,21,23-39,42,85-86H2,1-9H3,(H,95,102)(H,101,119)(H,103,120)(H,104,125)(H,105,124)(H,106,123)(H,107,117)(H,108,118)(H,109,121)(H,110,126)(H,111,127)(H,112,116)(H,113,122)(H,130,131)(H4,87,88,96)(H4,89,90,97)(H4,91,92,98)(H4,93,94,99)/t48-,52-,54-,55-,56-,57-,58-,59-,60-,61-,62-,63-,65-,66-/m0/s1. The van der Waals surface area contributed by atoms with Gasteiger partial charge in [-0.25, -0.2) is 9.78 Å². The Morgan fingerprint density at radius 1 is 0.466 bits per heavy atom. The second kappa shape index (κ2) is 55.1. The van der Waals surface area contributed by atoms with E-state index in [-0.39, 0.29) is 147 Å². The molecule has 4 heterocycles. The van der Waals surface area contributed by atoms with E-state index in [1.54, 1.807) is 72.0 Å². The SMILES string of the molecule is CC(C)C[C@H](NC(=O)[C@@H](N)CCCCN)C(=O)NCC(=O)N[C@H](C(=O)N1CCC[C@H]1C(=O)N1CCC[C@H]1C(=O)N[C@@H](CC(C)C)C(=O)N[C@@H](CCCNC(=N)N)C(=O)N[C@H](C(=O)N[C@@H](Cc1c[nH]c2ccccc12)C(=O)N[C@@H](CCCNC(=N)N)C(=O)N[C@@H](Cc1cnc[nH]1)C(=O)N[C@@H](CCCNC(=N)N)C(=O)N[C@@H](C)C(=O)N[C@@H](CCCNC(=N)N)C(=O)O)C(C)C)C(C)C. The lowest BCUT2D eigenvalue weighted by molar-refractivity contribution is -0.148. The zero-order chi connectivity index (χ0) is 97.3. The number of carbonyl (C=O) groups is 15. The molecule has 35 N–H and O–H groups in total. The number of carboxylic acid groups (broad SMARTS) is 1. The molecule has 0 bridgehead atoms. The summed E-state index contributed by atoms with van der Waals surface area (Å²) in [6, 6.07) is -11.4. The normalized spacial score (nSPS) is 16.4. The van der Waals surface area contributed by atoms with E-state index in [0.717, 1.165) is 0 Å². The maximum atomic E-state index is 15.4. The van der Waals surface area contributed by atoms with Crippen LogP contribution in [0.25, 0.3) is 10.9 Å². The molecule has 47 heteroatoms.